The number of hydrogen-bond donors (Lipinski definition) is 1. The molecule has 0 fully saturated rings. The van der Waals surface area contributed by atoms with Crippen LogP contribution in [-0.2, 0) is 6.54 Å². The van der Waals surface area contributed by atoms with E-state index in [-0.39, 0.29) is 11.1 Å². The Morgan fingerprint density at radius 3 is 2.84 bits per heavy atom. The topological polar surface area (TPSA) is 61.6 Å². The van der Waals surface area contributed by atoms with Crippen LogP contribution in [0.4, 0.5) is 9.52 Å². The monoisotopic (exact) mass is 294 g/mol. The fourth-order valence-electron chi connectivity index (χ4n) is 1.29. The van der Waals surface area contributed by atoms with E-state index in [0.29, 0.717) is 11.7 Å². The van der Waals surface area contributed by atoms with Crippen LogP contribution in [0.2, 0.25) is 0 Å². The Balaban J connectivity index is 1.90. The van der Waals surface area contributed by atoms with Crippen molar-refractivity contribution in [2.45, 2.75) is 23.1 Å². The Morgan fingerprint density at radius 1 is 1.42 bits per heavy atom. The summed E-state index contributed by atoms with van der Waals surface area (Å²) in [6.07, 6.45) is 0. The highest BCUT2D eigenvalue weighted by molar-refractivity contribution is 8.01. The summed E-state index contributed by atoms with van der Waals surface area (Å²) in [7, 11) is 0. The van der Waals surface area contributed by atoms with Crippen molar-refractivity contribution >= 4 is 28.2 Å². The minimum absolute atomic E-state index is 0.141. The van der Waals surface area contributed by atoms with Crippen LogP contribution in [0.3, 0.4) is 0 Å². The van der Waals surface area contributed by atoms with E-state index in [1.165, 1.54) is 35.2 Å². The predicted octanol–water partition coefficient (Wildman–Crippen LogP) is 3.29. The number of nitriles is 1. The summed E-state index contributed by atoms with van der Waals surface area (Å²) >= 11 is 2.79. The van der Waals surface area contributed by atoms with Gasteiger partial charge in [-0.2, -0.15) is 5.26 Å². The van der Waals surface area contributed by atoms with Gasteiger partial charge in [-0.3, -0.25) is 0 Å². The minimum Gasteiger partial charge on any atom is -0.356 e. The van der Waals surface area contributed by atoms with Gasteiger partial charge < -0.3 is 5.32 Å². The van der Waals surface area contributed by atoms with Crippen molar-refractivity contribution in [3.05, 3.63) is 35.6 Å². The number of nitrogens with one attached hydrogen (secondary N) is 1. The second kappa shape index (κ2) is 6.50. The van der Waals surface area contributed by atoms with Gasteiger partial charge in [-0.05, 0) is 24.6 Å². The highest BCUT2D eigenvalue weighted by Crippen LogP contribution is 2.28. The van der Waals surface area contributed by atoms with Gasteiger partial charge in [-0.1, -0.05) is 35.2 Å². The van der Waals surface area contributed by atoms with Crippen LogP contribution in [-0.4, -0.2) is 15.4 Å². The van der Waals surface area contributed by atoms with Crippen molar-refractivity contribution in [3.63, 3.8) is 0 Å². The van der Waals surface area contributed by atoms with Gasteiger partial charge in [0.1, 0.15) is 5.82 Å². The maximum Gasteiger partial charge on any atom is 0.206 e. The molecule has 0 aliphatic rings. The first-order valence-corrected chi connectivity index (χ1v) is 7.25. The van der Waals surface area contributed by atoms with E-state index in [1.54, 1.807) is 12.1 Å². The van der Waals surface area contributed by atoms with E-state index in [0.717, 1.165) is 9.90 Å². The van der Waals surface area contributed by atoms with Crippen LogP contribution in [0.1, 0.15) is 12.5 Å². The SMILES string of the molecule is CC(C#N)Sc1nnc(NCc2ccc(F)cc2)s1. The molecule has 98 valence electrons. The Hall–Kier alpha value is -1.65. The van der Waals surface area contributed by atoms with Gasteiger partial charge in [-0.25, -0.2) is 4.39 Å². The molecule has 2 aromatic rings. The molecular weight excluding hydrogens is 283 g/mol. The summed E-state index contributed by atoms with van der Waals surface area (Å²) in [5.41, 5.74) is 0.969. The fraction of sp³-hybridized carbons (Fsp3) is 0.250. The van der Waals surface area contributed by atoms with Gasteiger partial charge >= 0.3 is 0 Å². The normalized spacial score (nSPS) is 11.8. The van der Waals surface area contributed by atoms with Crippen LogP contribution in [0.15, 0.2) is 28.6 Å². The van der Waals surface area contributed by atoms with Gasteiger partial charge in [0.05, 0.1) is 11.3 Å². The van der Waals surface area contributed by atoms with Crippen molar-refractivity contribution in [2.75, 3.05) is 5.32 Å². The summed E-state index contributed by atoms with van der Waals surface area (Å²) in [4.78, 5) is 0. The molecule has 4 nitrogen and oxygen atoms in total. The Bertz CT molecular complexity index is 576. The van der Waals surface area contributed by atoms with Crippen molar-refractivity contribution in [2.24, 2.45) is 0 Å². The Morgan fingerprint density at radius 2 is 2.16 bits per heavy atom. The number of hydrogen-bond acceptors (Lipinski definition) is 6. The van der Waals surface area contributed by atoms with Crippen molar-refractivity contribution in [1.82, 2.24) is 10.2 Å². The van der Waals surface area contributed by atoms with E-state index in [4.69, 9.17) is 5.26 Å². The molecule has 1 N–H and O–H groups in total. The lowest BCUT2D eigenvalue weighted by molar-refractivity contribution is 0.627. The maximum atomic E-state index is 12.7. The van der Waals surface area contributed by atoms with E-state index < -0.39 is 0 Å². The summed E-state index contributed by atoms with van der Waals surface area (Å²) in [5, 5.41) is 20.4. The molecule has 2 rings (SSSR count). The van der Waals surface area contributed by atoms with Crippen LogP contribution >= 0.6 is 23.1 Å². The second-order valence-corrected chi connectivity index (χ2v) is 6.31. The summed E-state index contributed by atoms with van der Waals surface area (Å²) in [5.74, 6) is -0.246. The molecule has 0 radical (unpaired) electrons. The Kier molecular flexibility index (Phi) is 4.71. The largest absolute Gasteiger partial charge is 0.356 e. The Labute approximate surface area is 118 Å². The summed E-state index contributed by atoms with van der Waals surface area (Å²) in [6, 6.07) is 8.42. The lowest BCUT2D eigenvalue weighted by Gasteiger charge is -2.01. The van der Waals surface area contributed by atoms with Crippen molar-refractivity contribution < 1.29 is 4.39 Å². The molecule has 1 unspecified atom stereocenters. The molecule has 0 amide bonds. The molecule has 1 heterocycles. The first-order chi connectivity index (χ1) is 9.17. The molecule has 1 aromatic carbocycles. The molecule has 0 aliphatic heterocycles. The molecule has 0 bridgehead atoms. The highest BCUT2D eigenvalue weighted by atomic mass is 32.2. The van der Waals surface area contributed by atoms with Gasteiger partial charge in [0.25, 0.3) is 0 Å². The number of anilines is 1. The lowest BCUT2D eigenvalue weighted by Crippen LogP contribution is -1.98. The van der Waals surface area contributed by atoms with Crippen molar-refractivity contribution in [3.8, 4) is 6.07 Å². The number of halogens is 1. The lowest BCUT2D eigenvalue weighted by atomic mass is 10.2. The molecular formula is C12H11FN4S2. The first-order valence-electron chi connectivity index (χ1n) is 5.55. The molecule has 19 heavy (non-hydrogen) atoms. The number of thioether (sulfide) groups is 1. The third-order valence-corrected chi connectivity index (χ3v) is 4.18. The molecule has 1 aromatic heterocycles. The smallest absolute Gasteiger partial charge is 0.206 e. The highest BCUT2D eigenvalue weighted by Gasteiger charge is 2.08. The van der Waals surface area contributed by atoms with E-state index >= 15 is 0 Å². The first kappa shape index (κ1) is 13.8. The average Bonchev–Trinajstić information content (AvgIpc) is 2.85. The number of benzene rings is 1. The average molecular weight is 294 g/mol. The molecule has 0 aliphatic carbocycles. The van der Waals surface area contributed by atoms with Crippen LogP contribution in [0.5, 0.6) is 0 Å². The zero-order valence-electron chi connectivity index (χ0n) is 10.1. The van der Waals surface area contributed by atoms with E-state index in [1.807, 2.05) is 6.92 Å². The van der Waals surface area contributed by atoms with Gasteiger partial charge in [0, 0.05) is 6.54 Å². The number of aromatic nitrogens is 2. The van der Waals surface area contributed by atoms with E-state index in [9.17, 15) is 4.39 Å². The van der Waals surface area contributed by atoms with Crippen LogP contribution in [0, 0.1) is 17.1 Å². The zero-order chi connectivity index (χ0) is 13.7. The standard InChI is InChI=1S/C12H11FN4S2/c1-8(6-14)18-12-17-16-11(19-12)15-7-9-2-4-10(13)5-3-9/h2-5,8H,7H2,1H3,(H,15,16). The zero-order valence-corrected chi connectivity index (χ0v) is 11.8. The summed E-state index contributed by atoms with van der Waals surface area (Å²) < 4.78 is 13.5. The molecule has 1 atom stereocenters. The predicted molar refractivity (Wildman–Crippen MR) is 74.6 cm³/mol. The molecule has 0 spiro atoms. The van der Waals surface area contributed by atoms with Crippen LogP contribution in [0.25, 0.3) is 0 Å². The maximum absolute atomic E-state index is 12.7. The molecule has 0 saturated carbocycles. The number of rotatable bonds is 5. The third kappa shape index (κ3) is 4.19. The molecule has 0 saturated heterocycles. The fourth-order valence-corrected chi connectivity index (χ4v) is 3.06. The second-order valence-electron chi connectivity index (χ2n) is 3.74. The molecule has 7 heteroatoms. The van der Waals surface area contributed by atoms with Gasteiger partial charge in [0.2, 0.25) is 5.13 Å². The minimum atomic E-state index is -0.246. The van der Waals surface area contributed by atoms with E-state index in [2.05, 4.69) is 21.6 Å². The van der Waals surface area contributed by atoms with Crippen molar-refractivity contribution in [1.29, 1.82) is 5.26 Å². The summed E-state index contributed by atoms with van der Waals surface area (Å²) in [6.45, 7) is 2.38. The quantitative estimate of drug-likeness (QED) is 0.857. The number of nitrogens with zero attached hydrogens (tertiary/aromatic N) is 3. The van der Waals surface area contributed by atoms with Gasteiger partial charge in [0.15, 0.2) is 4.34 Å². The van der Waals surface area contributed by atoms with Crippen LogP contribution < -0.4 is 5.32 Å². The third-order valence-electron chi connectivity index (χ3n) is 2.22. The van der Waals surface area contributed by atoms with Gasteiger partial charge in [-0.15, -0.1) is 10.2 Å².